The highest BCUT2D eigenvalue weighted by molar-refractivity contribution is 7.92. The van der Waals surface area contributed by atoms with E-state index in [4.69, 9.17) is 5.73 Å². The van der Waals surface area contributed by atoms with Crippen molar-refractivity contribution in [2.75, 3.05) is 24.6 Å². The van der Waals surface area contributed by atoms with Gasteiger partial charge in [-0.25, -0.2) is 16.8 Å². The molecule has 1 aromatic rings. The predicted octanol–water partition coefficient (Wildman–Crippen LogP) is -0.0657. The molecule has 2 N–H and O–H groups in total. The van der Waals surface area contributed by atoms with E-state index in [1.54, 1.807) is 12.3 Å². The first-order chi connectivity index (χ1) is 8.78. The van der Waals surface area contributed by atoms with Crippen LogP contribution < -0.4 is 5.73 Å². The molecule has 0 saturated carbocycles. The maximum atomic E-state index is 12.5. The smallest absolute Gasteiger partial charge is 0.244 e. The second-order valence-corrected chi connectivity index (χ2v) is 9.57. The van der Waals surface area contributed by atoms with E-state index in [0.29, 0.717) is 10.4 Å². The van der Waals surface area contributed by atoms with Crippen molar-refractivity contribution in [3.8, 4) is 0 Å². The van der Waals surface area contributed by atoms with Crippen molar-refractivity contribution < 1.29 is 16.8 Å². The standard InChI is InChI=1S/C10H16N2O4S3/c1-8-7-17-9(6-11)10(8)19(15,16)12-2-4-18(13,14)5-3-12/h7H,2-6,11H2,1H3. The summed E-state index contributed by atoms with van der Waals surface area (Å²) in [4.78, 5) is 0.866. The van der Waals surface area contributed by atoms with Crippen molar-refractivity contribution in [2.24, 2.45) is 5.73 Å². The molecule has 19 heavy (non-hydrogen) atoms. The molecule has 0 aliphatic carbocycles. The third kappa shape index (κ3) is 2.84. The van der Waals surface area contributed by atoms with Crippen LogP contribution in [0.2, 0.25) is 0 Å². The fraction of sp³-hybridized carbons (Fsp3) is 0.600. The van der Waals surface area contributed by atoms with E-state index in [-0.39, 0.29) is 36.0 Å². The average molecular weight is 324 g/mol. The SMILES string of the molecule is Cc1csc(CN)c1S(=O)(=O)N1CCS(=O)(=O)CC1. The Labute approximate surface area is 117 Å². The van der Waals surface area contributed by atoms with Crippen LogP contribution in [0.25, 0.3) is 0 Å². The summed E-state index contributed by atoms with van der Waals surface area (Å²) in [6.07, 6.45) is 0. The molecule has 0 aromatic carbocycles. The fourth-order valence-corrected chi connectivity index (χ4v) is 6.57. The summed E-state index contributed by atoms with van der Waals surface area (Å²) >= 11 is 1.32. The van der Waals surface area contributed by atoms with E-state index in [1.165, 1.54) is 15.6 Å². The Morgan fingerprint density at radius 1 is 1.37 bits per heavy atom. The van der Waals surface area contributed by atoms with Gasteiger partial charge in [0.1, 0.15) is 4.90 Å². The summed E-state index contributed by atoms with van der Waals surface area (Å²) in [5.74, 6) is -0.235. The van der Waals surface area contributed by atoms with Crippen LogP contribution in [0.1, 0.15) is 10.4 Å². The van der Waals surface area contributed by atoms with Crippen LogP contribution in [0.15, 0.2) is 10.3 Å². The molecular weight excluding hydrogens is 308 g/mol. The van der Waals surface area contributed by atoms with Crippen molar-refractivity contribution in [2.45, 2.75) is 18.4 Å². The number of hydrogen-bond acceptors (Lipinski definition) is 6. The molecule has 6 nitrogen and oxygen atoms in total. The molecule has 0 atom stereocenters. The number of thiophene rings is 1. The highest BCUT2D eigenvalue weighted by Crippen LogP contribution is 2.29. The highest BCUT2D eigenvalue weighted by atomic mass is 32.2. The molecule has 108 valence electrons. The molecule has 1 aromatic heterocycles. The molecule has 2 rings (SSSR count). The molecule has 0 bridgehead atoms. The van der Waals surface area contributed by atoms with Gasteiger partial charge in [0, 0.05) is 24.5 Å². The zero-order valence-corrected chi connectivity index (χ0v) is 12.9. The fourth-order valence-electron chi connectivity index (χ4n) is 2.04. The van der Waals surface area contributed by atoms with Crippen LogP contribution >= 0.6 is 11.3 Å². The Balaban J connectivity index is 2.36. The van der Waals surface area contributed by atoms with Gasteiger partial charge in [-0.05, 0) is 17.9 Å². The van der Waals surface area contributed by atoms with E-state index >= 15 is 0 Å². The number of sulfone groups is 1. The van der Waals surface area contributed by atoms with Gasteiger partial charge in [0.15, 0.2) is 9.84 Å². The van der Waals surface area contributed by atoms with Gasteiger partial charge in [-0.3, -0.25) is 0 Å². The van der Waals surface area contributed by atoms with Gasteiger partial charge in [-0.1, -0.05) is 0 Å². The Morgan fingerprint density at radius 3 is 2.47 bits per heavy atom. The number of nitrogens with two attached hydrogens (primary N) is 1. The molecule has 1 aliphatic heterocycles. The minimum Gasteiger partial charge on any atom is -0.326 e. The van der Waals surface area contributed by atoms with Crippen LogP contribution in [-0.4, -0.2) is 45.7 Å². The maximum Gasteiger partial charge on any atom is 0.244 e. The Bertz CT molecular complexity index is 662. The van der Waals surface area contributed by atoms with Crippen LogP contribution in [0.5, 0.6) is 0 Å². The van der Waals surface area contributed by atoms with Crippen LogP contribution in [0.3, 0.4) is 0 Å². The van der Waals surface area contributed by atoms with E-state index in [9.17, 15) is 16.8 Å². The maximum absolute atomic E-state index is 12.5. The molecule has 1 aliphatic rings. The van der Waals surface area contributed by atoms with Crippen molar-refractivity contribution in [3.63, 3.8) is 0 Å². The lowest BCUT2D eigenvalue weighted by atomic mass is 10.3. The lowest BCUT2D eigenvalue weighted by molar-refractivity contribution is 0.430. The number of nitrogens with zero attached hydrogens (tertiary/aromatic N) is 1. The molecule has 0 radical (unpaired) electrons. The topological polar surface area (TPSA) is 97.5 Å². The summed E-state index contributed by atoms with van der Waals surface area (Å²) in [6.45, 7) is 1.93. The van der Waals surface area contributed by atoms with Crippen molar-refractivity contribution in [3.05, 3.63) is 15.8 Å². The number of sulfonamides is 1. The second-order valence-electron chi connectivity index (χ2n) is 4.43. The monoisotopic (exact) mass is 324 g/mol. The van der Waals surface area contributed by atoms with Gasteiger partial charge in [0.2, 0.25) is 10.0 Å². The zero-order chi connectivity index (χ0) is 14.3. The zero-order valence-electron chi connectivity index (χ0n) is 10.5. The lowest BCUT2D eigenvalue weighted by Crippen LogP contribution is -2.43. The summed E-state index contributed by atoms with van der Waals surface area (Å²) in [7, 11) is -6.74. The van der Waals surface area contributed by atoms with Gasteiger partial charge in [-0.15, -0.1) is 11.3 Å². The second kappa shape index (κ2) is 5.13. The minimum absolute atomic E-state index is 0.0178. The van der Waals surface area contributed by atoms with E-state index in [1.807, 2.05) is 0 Å². The molecule has 1 saturated heterocycles. The minimum atomic E-state index is -3.64. The number of hydrogen-bond donors (Lipinski definition) is 1. The first-order valence-electron chi connectivity index (χ1n) is 5.75. The van der Waals surface area contributed by atoms with E-state index in [0.717, 1.165) is 0 Å². The summed E-state index contributed by atoms with van der Waals surface area (Å²) in [6, 6.07) is 0. The molecule has 0 unspecified atom stereocenters. The first-order valence-corrected chi connectivity index (χ1v) is 9.89. The number of rotatable bonds is 3. The first kappa shape index (κ1) is 14.9. The summed E-state index contributed by atoms with van der Waals surface area (Å²) in [5, 5.41) is 1.76. The average Bonchev–Trinajstić information content (AvgIpc) is 2.70. The highest BCUT2D eigenvalue weighted by Gasteiger charge is 2.33. The quantitative estimate of drug-likeness (QED) is 0.839. The Kier molecular flexibility index (Phi) is 4.03. The van der Waals surface area contributed by atoms with Gasteiger partial charge in [0.25, 0.3) is 0 Å². The number of aryl methyl sites for hydroxylation is 1. The normalized spacial score (nSPS) is 20.5. The van der Waals surface area contributed by atoms with E-state index < -0.39 is 19.9 Å². The van der Waals surface area contributed by atoms with Gasteiger partial charge in [0.05, 0.1) is 11.5 Å². The van der Waals surface area contributed by atoms with Crippen molar-refractivity contribution in [1.82, 2.24) is 4.31 Å². The molecule has 9 heteroatoms. The van der Waals surface area contributed by atoms with Crippen LogP contribution in [-0.2, 0) is 26.4 Å². The predicted molar refractivity (Wildman–Crippen MR) is 74.4 cm³/mol. The lowest BCUT2D eigenvalue weighted by Gasteiger charge is -2.26. The molecule has 2 heterocycles. The molecular formula is C10H16N2O4S3. The molecule has 1 fully saturated rings. The molecule has 0 spiro atoms. The Hall–Kier alpha value is -0.480. The van der Waals surface area contributed by atoms with Crippen molar-refractivity contribution in [1.29, 1.82) is 0 Å². The van der Waals surface area contributed by atoms with Gasteiger partial charge < -0.3 is 5.73 Å². The molecule has 0 amide bonds. The van der Waals surface area contributed by atoms with Gasteiger partial charge >= 0.3 is 0 Å². The van der Waals surface area contributed by atoms with Crippen LogP contribution in [0.4, 0.5) is 0 Å². The summed E-state index contributed by atoms with van der Waals surface area (Å²) < 4.78 is 49.0. The van der Waals surface area contributed by atoms with Crippen molar-refractivity contribution >= 4 is 31.2 Å². The van der Waals surface area contributed by atoms with E-state index in [2.05, 4.69) is 0 Å². The van der Waals surface area contributed by atoms with Crippen LogP contribution in [0, 0.1) is 6.92 Å². The Morgan fingerprint density at radius 2 is 1.95 bits per heavy atom. The summed E-state index contributed by atoms with van der Waals surface area (Å²) in [5.41, 5.74) is 6.23. The largest absolute Gasteiger partial charge is 0.326 e. The third-order valence-corrected chi connectivity index (χ3v) is 8.07. The van der Waals surface area contributed by atoms with Gasteiger partial charge in [-0.2, -0.15) is 4.31 Å². The third-order valence-electron chi connectivity index (χ3n) is 3.08.